The van der Waals surface area contributed by atoms with Crippen molar-refractivity contribution in [3.05, 3.63) is 219 Å². The van der Waals surface area contributed by atoms with Crippen molar-refractivity contribution in [1.82, 2.24) is 0 Å². The maximum Gasteiger partial charge on any atom is 0.306 e. The van der Waals surface area contributed by atoms with Crippen molar-refractivity contribution < 1.29 is 42.9 Å². The van der Waals surface area contributed by atoms with Crippen LogP contribution in [-0.2, 0) is 33.3 Å². The van der Waals surface area contributed by atoms with Crippen LogP contribution >= 0.6 is 0 Å². The lowest BCUT2D eigenvalue weighted by Crippen LogP contribution is -2.44. The van der Waals surface area contributed by atoms with Crippen molar-refractivity contribution in [3.63, 3.8) is 0 Å². The largest absolute Gasteiger partial charge is 0.545 e. The van der Waals surface area contributed by atoms with Crippen molar-refractivity contribution in [2.45, 2.75) is 219 Å². The molecule has 9 nitrogen and oxygen atoms in total. The molecule has 0 saturated carbocycles. The van der Waals surface area contributed by atoms with Gasteiger partial charge >= 0.3 is 11.9 Å². The summed E-state index contributed by atoms with van der Waals surface area (Å²) in [4.78, 5) is 37.4. The minimum atomic E-state index is -1.65. The molecule has 0 N–H and O–H groups in total. The second-order valence-electron chi connectivity index (χ2n) is 22.6. The van der Waals surface area contributed by atoms with Gasteiger partial charge in [-0.2, -0.15) is 0 Å². The van der Waals surface area contributed by atoms with Gasteiger partial charge in [-0.3, -0.25) is 9.59 Å². The van der Waals surface area contributed by atoms with Crippen molar-refractivity contribution in [2.24, 2.45) is 0 Å². The summed E-state index contributed by atoms with van der Waals surface area (Å²) in [6, 6.07) is 0. The van der Waals surface area contributed by atoms with Crippen LogP contribution in [0.1, 0.15) is 206 Å². The van der Waals surface area contributed by atoms with E-state index >= 15 is 0 Å². The number of allylic oxidation sites excluding steroid dienone is 36. The van der Waals surface area contributed by atoms with E-state index in [0.717, 1.165) is 167 Å². The van der Waals surface area contributed by atoms with Crippen LogP contribution in [0.4, 0.5) is 0 Å². The van der Waals surface area contributed by atoms with E-state index < -0.39 is 30.3 Å². The molecule has 2 unspecified atom stereocenters. The third kappa shape index (κ3) is 69.0. The number of hydrogen-bond acceptors (Lipinski definition) is 8. The van der Waals surface area contributed by atoms with Crippen molar-refractivity contribution in [2.75, 3.05) is 47.5 Å². The molecule has 0 aromatic heterocycles. The number of hydrogen-bond donors (Lipinski definition) is 0. The monoisotopic (exact) mass is 1220 g/mol. The Morgan fingerprint density at radius 3 is 0.921 bits per heavy atom. The van der Waals surface area contributed by atoms with Gasteiger partial charge in [0.25, 0.3) is 0 Å². The fraction of sp³-hybridized carbons (Fsp3) is 0.512. The van der Waals surface area contributed by atoms with Crippen LogP contribution < -0.4 is 5.11 Å². The molecule has 0 amide bonds. The lowest BCUT2D eigenvalue weighted by atomic mass is 10.1. The number of carbonyl (C=O) groups is 3. The topological polar surface area (TPSA) is 111 Å². The average molecular weight is 1220 g/mol. The first-order valence-corrected chi connectivity index (χ1v) is 33.9. The predicted octanol–water partition coefficient (Wildman–Crippen LogP) is 20.0. The molecule has 494 valence electrons. The van der Waals surface area contributed by atoms with Gasteiger partial charge in [0, 0.05) is 12.8 Å². The number of carboxylic acids is 1. The van der Waals surface area contributed by atoms with Crippen molar-refractivity contribution in [1.29, 1.82) is 0 Å². The summed E-state index contributed by atoms with van der Waals surface area (Å²) in [6.07, 6.45) is 104. The van der Waals surface area contributed by atoms with Crippen LogP contribution in [0.3, 0.4) is 0 Å². The van der Waals surface area contributed by atoms with Gasteiger partial charge in [-0.15, -0.1) is 0 Å². The summed E-state index contributed by atoms with van der Waals surface area (Å²) < 4.78 is 22.7. The Balaban J connectivity index is 4.35. The number of carboxylic acid groups (broad SMARTS) is 1. The van der Waals surface area contributed by atoms with Gasteiger partial charge in [0.05, 0.1) is 40.3 Å². The third-order valence-electron chi connectivity index (χ3n) is 13.2. The fourth-order valence-corrected chi connectivity index (χ4v) is 8.11. The Kier molecular flexibility index (Phi) is 62.7. The molecule has 0 bridgehead atoms. The summed E-state index contributed by atoms with van der Waals surface area (Å²) in [5.74, 6) is -2.39. The highest BCUT2D eigenvalue weighted by Crippen LogP contribution is 2.12. The summed E-state index contributed by atoms with van der Waals surface area (Å²) in [5, 5.41) is 11.8. The Hall–Kier alpha value is -6.39. The minimum absolute atomic E-state index is 0.123. The van der Waals surface area contributed by atoms with E-state index in [1.807, 2.05) is 21.1 Å². The predicted molar refractivity (Wildman–Crippen MR) is 379 cm³/mol. The smallest absolute Gasteiger partial charge is 0.306 e. The highest BCUT2D eigenvalue weighted by molar-refractivity contribution is 5.70. The normalized spacial score (nSPS) is 14.1. The third-order valence-corrected chi connectivity index (χ3v) is 13.2. The van der Waals surface area contributed by atoms with E-state index in [1.54, 1.807) is 0 Å². The van der Waals surface area contributed by atoms with Gasteiger partial charge in [0.1, 0.15) is 13.2 Å². The van der Waals surface area contributed by atoms with Crippen LogP contribution in [0.25, 0.3) is 0 Å². The number of nitrogens with zero attached hydrogens (tertiary/aromatic N) is 1. The number of esters is 2. The van der Waals surface area contributed by atoms with Gasteiger partial charge in [-0.05, 0) is 154 Å². The molecule has 0 radical (unpaired) electrons. The highest BCUT2D eigenvalue weighted by Gasteiger charge is 2.22. The van der Waals surface area contributed by atoms with Gasteiger partial charge in [0.15, 0.2) is 12.4 Å². The fourth-order valence-electron chi connectivity index (χ4n) is 8.11. The van der Waals surface area contributed by atoms with Gasteiger partial charge in [0.2, 0.25) is 0 Å². The van der Waals surface area contributed by atoms with Crippen LogP contribution in [0.15, 0.2) is 219 Å². The standard InChI is InChI=1S/C80H121NO8/c1-6-8-10-12-14-16-18-20-22-24-26-28-30-32-33-34-35-36-37-38-39-40-41-42-43-44-45-47-49-51-53-55-57-59-61-63-65-67-69-71-78(83)89-76(75-88-80(79(84)85)86-73-72-81(3,4)5)74-87-77(82)70-68-66-64-62-60-58-56-54-52-50-48-46-31-29-27-25-23-21-19-17-15-13-11-9-7-2/h8-11,14-17,20-23,26-29,32-33,35-36,38-39,41-42,44-46,48-49,51-52,54-55,57,61,63,76,80H,6-7,12-13,18-19,24-25,30-31,34,37,40,43,47,50,53,56,58-60,62,64-75H2,1-5H3/b10-8-,11-9-,16-14-,17-15-,22-20-,23-21-,28-26-,29-27-,33-32-,36-35-,39-38-,42-41-,45-44-,48-46-,51-49-,54-52-,57-55-,63-61-. The minimum Gasteiger partial charge on any atom is -0.545 e. The van der Waals surface area contributed by atoms with Gasteiger partial charge in [-0.25, -0.2) is 0 Å². The molecule has 0 saturated heterocycles. The highest BCUT2D eigenvalue weighted by atomic mass is 16.7. The van der Waals surface area contributed by atoms with E-state index in [0.29, 0.717) is 23.9 Å². The maximum atomic E-state index is 12.9. The second kappa shape index (κ2) is 67.5. The first kappa shape index (κ1) is 82.6. The zero-order valence-corrected chi connectivity index (χ0v) is 56.2. The zero-order valence-electron chi connectivity index (χ0n) is 56.2. The number of unbranched alkanes of at least 4 members (excludes halogenated alkanes) is 8. The Bertz CT molecular complexity index is 2260. The van der Waals surface area contributed by atoms with Crippen LogP contribution in [0.2, 0.25) is 0 Å². The van der Waals surface area contributed by atoms with Gasteiger partial charge < -0.3 is 33.3 Å². The molecule has 0 aromatic carbocycles. The SMILES string of the molecule is CC/C=C\C/C=C\C/C=C\C/C=C\C/C=C\C/C=C\C/C=C\C/C=C\C/C=C\C/C=C\C/C=C\C/C=C\CCCCC(=O)OC(COC(=O)CCCCCCCC/C=C\C/C=C\C/C=C\C/C=C\C/C=C\C/C=C\CC)COC(OCC[N+](C)(C)C)C(=O)[O-]. The molecular weight excluding hydrogens is 1100 g/mol. The molecule has 89 heavy (non-hydrogen) atoms. The molecule has 0 fully saturated rings. The van der Waals surface area contributed by atoms with E-state index in [1.165, 1.54) is 0 Å². The second-order valence-corrected chi connectivity index (χ2v) is 22.6. The summed E-state index contributed by atoms with van der Waals surface area (Å²) in [6.45, 7) is 4.41. The van der Waals surface area contributed by atoms with E-state index in [4.69, 9.17) is 18.9 Å². The average Bonchev–Trinajstić information content (AvgIpc) is 3.64. The van der Waals surface area contributed by atoms with E-state index in [9.17, 15) is 19.5 Å². The zero-order chi connectivity index (χ0) is 64.7. The number of aliphatic carboxylic acids is 1. The molecule has 0 spiro atoms. The number of likely N-dealkylation sites (N-methyl/N-ethyl adjacent to an activating group) is 1. The lowest BCUT2D eigenvalue weighted by Gasteiger charge is -2.26. The Morgan fingerprint density at radius 1 is 0.337 bits per heavy atom. The maximum absolute atomic E-state index is 12.9. The Morgan fingerprint density at radius 2 is 0.607 bits per heavy atom. The molecule has 0 rings (SSSR count). The molecule has 0 aliphatic heterocycles. The van der Waals surface area contributed by atoms with Gasteiger partial charge in [-0.1, -0.05) is 258 Å². The first-order chi connectivity index (χ1) is 43.6. The van der Waals surface area contributed by atoms with E-state index in [2.05, 4.69) is 233 Å². The lowest BCUT2D eigenvalue weighted by molar-refractivity contribution is -0.870. The summed E-state index contributed by atoms with van der Waals surface area (Å²) in [5.41, 5.74) is 0. The van der Waals surface area contributed by atoms with Crippen LogP contribution in [0, 0.1) is 0 Å². The molecule has 9 heteroatoms. The number of carbonyl (C=O) groups excluding carboxylic acids is 3. The number of rotatable bonds is 59. The molecule has 2 atom stereocenters. The number of quaternary nitrogens is 1. The molecule has 0 heterocycles. The van der Waals surface area contributed by atoms with Crippen LogP contribution in [0.5, 0.6) is 0 Å². The Labute approximate surface area is 543 Å². The molecule has 0 aliphatic rings. The molecule has 0 aromatic rings. The number of ether oxygens (including phenoxy) is 4. The molecular formula is C80H121NO8. The van der Waals surface area contributed by atoms with Crippen molar-refractivity contribution in [3.8, 4) is 0 Å². The van der Waals surface area contributed by atoms with E-state index in [-0.39, 0.29) is 32.7 Å². The quantitative estimate of drug-likeness (QED) is 0.0195. The first-order valence-electron chi connectivity index (χ1n) is 33.9. The summed E-state index contributed by atoms with van der Waals surface area (Å²) >= 11 is 0. The molecule has 0 aliphatic carbocycles. The van der Waals surface area contributed by atoms with Crippen LogP contribution in [-0.4, -0.2) is 82.3 Å². The van der Waals surface area contributed by atoms with Crippen molar-refractivity contribution >= 4 is 17.9 Å². The summed E-state index contributed by atoms with van der Waals surface area (Å²) in [7, 11) is 5.89.